The van der Waals surface area contributed by atoms with Crippen LogP contribution in [0.15, 0.2) is 0 Å². The van der Waals surface area contributed by atoms with Crippen molar-refractivity contribution in [3.63, 3.8) is 0 Å². The van der Waals surface area contributed by atoms with Crippen LogP contribution in [0.3, 0.4) is 0 Å². The van der Waals surface area contributed by atoms with Crippen LogP contribution in [0, 0.1) is 23.7 Å². The van der Waals surface area contributed by atoms with E-state index in [0.717, 1.165) is 23.7 Å². The summed E-state index contributed by atoms with van der Waals surface area (Å²) in [5.41, 5.74) is 12.6. The summed E-state index contributed by atoms with van der Waals surface area (Å²) in [6.45, 7) is 4.67. The van der Waals surface area contributed by atoms with Gasteiger partial charge in [-0.3, -0.25) is 0 Å². The lowest BCUT2D eigenvalue weighted by Crippen LogP contribution is -2.42. The Morgan fingerprint density at radius 2 is 1.18 bits per heavy atom. The minimum Gasteiger partial charge on any atom is -0.327 e. The van der Waals surface area contributed by atoms with E-state index < -0.39 is 0 Å². The molecule has 17 heavy (non-hydrogen) atoms. The minimum atomic E-state index is 0.435. The van der Waals surface area contributed by atoms with Gasteiger partial charge < -0.3 is 11.5 Å². The molecule has 2 nitrogen and oxygen atoms in total. The fraction of sp³-hybridized carbons (Fsp3) is 1.00. The van der Waals surface area contributed by atoms with Gasteiger partial charge in [-0.2, -0.15) is 0 Å². The van der Waals surface area contributed by atoms with Crippen molar-refractivity contribution in [1.82, 2.24) is 0 Å². The van der Waals surface area contributed by atoms with Crippen LogP contribution >= 0.6 is 0 Å². The molecule has 2 saturated carbocycles. The average molecular weight is 238 g/mol. The zero-order valence-corrected chi connectivity index (χ0v) is 11.6. The number of rotatable bonds is 2. The van der Waals surface area contributed by atoms with Crippen molar-refractivity contribution in [2.75, 3.05) is 0 Å². The Labute approximate surface area is 107 Å². The Balaban J connectivity index is 1.84. The summed E-state index contributed by atoms with van der Waals surface area (Å²) in [5, 5.41) is 0. The maximum atomic E-state index is 6.32. The SMILES string of the molecule is CC1CCC(CC2CCC(C)CC2N)C(N)C1. The van der Waals surface area contributed by atoms with Gasteiger partial charge in [0.2, 0.25) is 0 Å². The first-order valence-corrected chi connectivity index (χ1v) is 7.57. The first-order valence-electron chi connectivity index (χ1n) is 7.57. The zero-order chi connectivity index (χ0) is 12.4. The molecule has 0 bridgehead atoms. The van der Waals surface area contributed by atoms with Gasteiger partial charge >= 0.3 is 0 Å². The Hall–Kier alpha value is -0.0800. The molecule has 4 N–H and O–H groups in total. The largest absolute Gasteiger partial charge is 0.327 e. The van der Waals surface area contributed by atoms with Crippen LogP contribution in [0.25, 0.3) is 0 Å². The highest BCUT2D eigenvalue weighted by molar-refractivity contribution is 4.87. The lowest BCUT2D eigenvalue weighted by molar-refractivity contribution is 0.164. The Morgan fingerprint density at radius 3 is 1.53 bits per heavy atom. The Bertz CT molecular complexity index is 217. The van der Waals surface area contributed by atoms with Crippen molar-refractivity contribution in [2.24, 2.45) is 35.1 Å². The fourth-order valence-electron chi connectivity index (χ4n) is 3.95. The normalized spacial score (nSPS) is 48.0. The lowest BCUT2D eigenvalue weighted by Gasteiger charge is -2.39. The van der Waals surface area contributed by atoms with Gasteiger partial charge in [-0.25, -0.2) is 0 Å². The molecule has 6 atom stereocenters. The van der Waals surface area contributed by atoms with Crippen LogP contribution in [0.2, 0.25) is 0 Å². The molecule has 0 radical (unpaired) electrons. The molecular formula is C15H30N2. The molecule has 2 heteroatoms. The summed E-state index contributed by atoms with van der Waals surface area (Å²) in [7, 11) is 0. The quantitative estimate of drug-likeness (QED) is 0.777. The van der Waals surface area contributed by atoms with Crippen LogP contribution in [0.4, 0.5) is 0 Å². The van der Waals surface area contributed by atoms with Gasteiger partial charge in [0.25, 0.3) is 0 Å². The fourth-order valence-corrected chi connectivity index (χ4v) is 3.95. The molecule has 0 aromatic carbocycles. The van der Waals surface area contributed by atoms with E-state index in [1.165, 1.54) is 44.9 Å². The van der Waals surface area contributed by atoms with E-state index in [4.69, 9.17) is 11.5 Å². The van der Waals surface area contributed by atoms with Gasteiger partial charge in [-0.15, -0.1) is 0 Å². The molecule has 0 heterocycles. The summed E-state index contributed by atoms with van der Waals surface area (Å²) in [6, 6.07) is 0.871. The van der Waals surface area contributed by atoms with Gasteiger partial charge in [0.05, 0.1) is 0 Å². The minimum absolute atomic E-state index is 0.435. The van der Waals surface area contributed by atoms with Gasteiger partial charge in [-0.05, 0) is 55.8 Å². The molecule has 2 fully saturated rings. The third-order valence-electron chi connectivity index (χ3n) is 5.23. The van der Waals surface area contributed by atoms with E-state index in [1.54, 1.807) is 0 Å². The molecule has 2 rings (SSSR count). The predicted octanol–water partition coefficient (Wildman–Crippen LogP) is 2.90. The van der Waals surface area contributed by atoms with E-state index >= 15 is 0 Å². The first-order chi connectivity index (χ1) is 8.06. The summed E-state index contributed by atoms with van der Waals surface area (Å²) >= 11 is 0. The standard InChI is InChI=1S/C15H30N2/c1-10-3-5-12(14(16)7-10)9-13-6-4-11(2)8-15(13)17/h10-15H,3-9,16-17H2,1-2H3. The average Bonchev–Trinajstić information content (AvgIpc) is 2.25. The summed E-state index contributed by atoms with van der Waals surface area (Å²) < 4.78 is 0. The van der Waals surface area contributed by atoms with E-state index in [9.17, 15) is 0 Å². The first kappa shape index (κ1) is 13.4. The number of hydrogen-bond donors (Lipinski definition) is 2. The van der Waals surface area contributed by atoms with Crippen LogP contribution in [0.1, 0.15) is 58.8 Å². The Morgan fingerprint density at radius 1 is 0.765 bits per heavy atom. The van der Waals surface area contributed by atoms with Crippen LogP contribution in [-0.2, 0) is 0 Å². The van der Waals surface area contributed by atoms with Gasteiger partial charge in [-0.1, -0.05) is 26.7 Å². The second kappa shape index (κ2) is 5.71. The topological polar surface area (TPSA) is 52.0 Å². The van der Waals surface area contributed by atoms with E-state index in [0.29, 0.717) is 12.1 Å². The van der Waals surface area contributed by atoms with Crippen molar-refractivity contribution in [2.45, 2.75) is 70.9 Å². The number of hydrogen-bond acceptors (Lipinski definition) is 2. The highest BCUT2D eigenvalue weighted by Crippen LogP contribution is 2.37. The second-order valence-electron chi connectivity index (χ2n) is 6.92. The van der Waals surface area contributed by atoms with Gasteiger partial charge in [0.15, 0.2) is 0 Å². The molecular weight excluding hydrogens is 208 g/mol. The van der Waals surface area contributed by atoms with Crippen LogP contribution < -0.4 is 11.5 Å². The van der Waals surface area contributed by atoms with Crippen molar-refractivity contribution >= 4 is 0 Å². The van der Waals surface area contributed by atoms with Crippen molar-refractivity contribution in [1.29, 1.82) is 0 Å². The number of nitrogens with two attached hydrogens (primary N) is 2. The van der Waals surface area contributed by atoms with Gasteiger partial charge in [0.1, 0.15) is 0 Å². The molecule has 2 aliphatic rings. The van der Waals surface area contributed by atoms with Crippen LogP contribution in [-0.4, -0.2) is 12.1 Å². The highest BCUT2D eigenvalue weighted by atomic mass is 14.7. The van der Waals surface area contributed by atoms with E-state index in [2.05, 4.69) is 13.8 Å². The molecule has 0 aliphatic heterocycles. The third kappa shape index (κ3) is 3.45. The van der Waals surface area contributed by atoms with Gasteiger partial charge in [0, 0.05) is 12.1 Å². The molecule has 2 aliphatic carbocycles. The van der Waals surface area contributed by atoms with Crippen LogP contribution in [0.5, 0.6) is 0 Å². The van der Waals surface area contributed by atoms with Crippen molar-refractivity contribution < 1.29 is 0 Å². The molecule has 0 saturated heterocycles. The Kier molecular flexibility index (Phi) is 4.48. The lowest BCUT2D eigenvalue weighted by atomic mass is 9.70. The van der Waals surface area contributed by atoms with Crippen molar-refractivity contribution in [3.8, 4) is 0 Å². The summed E-state index contributed by atoms with van der Waals surface area (Å²) in [6.07, 6.45) is 9.16. The maximum Gasteiger partial charge on any atom is 0.00698 e. The predicted molar refractivity (Wildman–Crippen MR) is 73.6 cm³/mol. The monoisotopic (exact) mass is 238 g/mol. The second-order valence-corrected chi connectivity index (χ2v) is 6.92. The van der Waals surface area contributed by atoms with Crippen molar-refractivity contribution in [3.05, 3.63) is 0 Å². The highest BCUT2D eigenvalue weighted by Gasteiger charge is 2.32. The molecule has 0 aromatic rings. The summed E-state index contributed by atoms with van der Waals surface area (Å²) in [4.78, 5) is 0. The molecule has 0 aromatic heterocycles. The van der Waals surface area contributed by atoms with E-state index in [1.807, 2.05) is 0 Å². The maximum absolute atomic E-state index is 6.32. The smallest absolute Gasteiger partial charge is 0.00698 e. The zero-order valence-electron chi connectivity index (χ0n) is 11.6. The molecule has 100 valence electrons. The van der Waals surface area contributed by atoms with E-state index in [-0.39, 0.29) is 0 Å². The summed E-state index contributed by atoms with van der Waals surface area (Å²) in [5.74, 6) is 3.16. The molecule has 0 amide bonds. The molecule has 0 spiro atoms. The third-order valence-corrected chi connectivity index (χ3v) is 5.23. The molecule has 6 unspecified atom stereocenters.